The van der Waals surface area contributed by atoms with E-state index in [1.54, 1.807) is 0 Å². The van der Waals surface area contributed by atoms with Gasteiger partial charge in [-0.1, -0.05) is 0 Å². The Hall–Kier alpha value is -6.59. The van der Waals surface area contributed by atoms with Gasteiger partial charge in [-0.2, -0.15) is 15.3 Å². The monoisotopic (exact) mass is 750 g/mol. The van der Waals surface area contributed by atoms with Crippen LogP contribution in [0.2, 0.25) is 0 Å². The van der Waals surface area contributed by atoms with Crippen molar-refractivity contribution in [3.8, 4) is 23.0 Å². The van der Waals surface area contributed by atoms with Crippen LogP contribution in [-0.4, -0.2) is 43.2 Å². The third kappa shape index (κ3) is 9.60. The predicted octanol–water partition coefficient (Wildman–Crippen LogP) is 5.90. The van der Waals surface area contributed by atoms with Gasteiger partial charge in [0.25, 0.3) is 11.4 Å². The number of nitro groups is 2. The molecule has 0 saturated heterocycles. The first-order valence-electron chi connectivity index (χ1n) is 14.1. The molecule has 5 aromatic rings. The van der Waals surface area contributed by atoms with Crippen molar-refractivity contribution >= 4 is 67.0 Å². The maximum absolute atomic E-state index is 12.0. The zero-order valence-corrected chi connectivity index (χ0v) is 29.5. The first kappa shape index (κ1) is 39.2. The zero-order valence-electron chi connectivity index (χ0n) is 26.7. The number of azo groups is 4. The number of hydrogen-bond acceptors (Lipinski definition) is 19. The van der Waals surface area contributed by atoms with E-state index in [4.69, 9.17) is 0 Å². The van der Waals surface area contributed by atoms with Crippen LogP contribution in [0.1, 0.15) is 0 Å². The van der Waals surface area contributed by atoms with Gasteiger partial charge in [-0.15, -0.1) is 25.6 Å². The van der Waals surface area contributed by atoms with E-state index in [9.17, 15) is 53.6 Å². The largest absolute Gasteiger partial charge is 1.00 e. The summed E-state index contributed by atoms with van der Waals surface area (Å²) in [6.45, 7) is 0. The van der Waals surface area contributed by atoms with E-state index in [1.807, 2.05) is 0 Å². The zero-order chi connectivity index (χ0) is 37.6. The molecular formula is C30H19N10NaO11S. The molecule has 5 aromatic carbocycles. The maximum Gasteiger partial charge on any atom is 1.00 e. The minimum absolute atomic E-state index is 0. The van der Waals surface area contributed by atoms with Crippen molar-refractivity contribution in [3.05, 3.63) is 111 Å². The fourth-order valence-electron chi connectivity index (χ4n) is 4.05. The molecule has 0 heterocycles. The van der Waals surface area contributed by atoms with Gasteiger partial charge in [0.2, 0.25) is 0 Å². The number of nitro benzene ring substituents is 2. The maximum atomic E-state index is 12.0. The number of phenols is 4. The van der Waals surface area contributed by atoms with Gasteiger partial charge in [0.15, 0.2) is 22.9 Å². The summed E-state index contributed by atoms with van der Waals surface area (Å²) in [7, 11) is -5.17. The molecule has 0 aromatic heterocycles. The fraction of sp³-hybridized carbons (Fsp3) is 0. The van der Waals surface area contributed by atoms with Crippen LogP contribution in [0.25, 0.3) is 0 Å². The topological polar surface area (TPSA) is 323 Å². The van der Waals surface area contributed by atoms with Crippen LogP contribution in [0.5, 0.6) is 23.0 Å². The van der Waals surface area contributed by atoms with Crippen LogP contribution >= 0.6 is 0 Å². The minimum atomic E-state index is -5.17. The molecule has 0 unspecified atom stereocenters. The Morgan fingerprint density at radius 1 is 0.491 bits per heavy atom. The smallest absolute Gasteiger partial charge is 0.744 e. The van der Waals surface area contributed by atoms with Crippen molar-refractivity contribution in [2.45, 2.75) is 4.90 Å². The van der Waals surface area contributed by atoms with Crippen molar-refractivity contribution in [2.24, 2.45) is 40.9 Å². The Kier molecular flexibility index (Phi) is 12.3. The third-order valence-corrected chi connectivity index (χ3v) is 7.50. The number of hydrogen-bond donors (Lipinski definition) is 4. The predicted molar refractivity (Wildman–Crippen MR) is 177 cm³/mol. The van der Waals surface area contributed by atoms with E-state index < -0.39 is 64.9 Å². The average Bonchev–Trinajstić information content (AvgIpc) is 3.10. The standard InChI is InChI=1S/C30H20N10O11S.Na/c41-24-12-10-21(34-31-16-1-6-19(7-2-16)39(45)46)29(43)27(24)37-33-18-5-14-26(52(49,50)51)23(15-18)36-38-28-25(42)13-11-22(30(28)44)35-32-17-3-8-20(9-4-17)40(47)48;/h1-15,41-44H,(H,49,50,51);/q;+1/p-1. The van der Waals surface area contributed by atoms with Gasteiger partial charge < -0.3 is 25.0 Å². The molecule has 0 spiro atoms. The van der Waals surface area contributed by atoms with Gasteiger partial charge >= 0.3 is 29.6 Å². The molecule has 0 amide bonds. The van der Waals surface area contributed by atoms with Crippen LogP contribution in [0.15, 0.2) is 137 Å². The summed E-state index contributed by atoms with van der Waals surface area (Å²) in [6, 6.07) is 17.3. The Labute approximate surface area is 318 Å². The summed E-state index contributed by atoms with van der Waals surface area (Å²) >= 11 is 0. The van der Waals surface area contributed by atoms with Gasteiger partial charge in [-0.25, -0.2) is 8.42 Å². The number of benzene rings is 5. The van der Waals surface area contributed by atoms with E-state index in [-0.39, 0.29) is 69.4 Å². The van der Waals surface area contributed by atoms with Crippen LogP contribution in [0, 0.1) is 20.2 Å². The molecule has 0 aliphatic heterocycles. The number of aromatic hydroxyl groups is 4. The number of non-ortho nitro benzene ring substituents is 2. The minimum Gasteiger partial charge on any atom is -0.744 e. The molecule has 262 valence electrons. The van der Waals surface area contributed by atoms with Crippen molar-refractivity contribution in [3.63, 3.8) is 0 Å². The van der Waals surface area contributed by atoms with Gasteiger partial charge in [0.05, 0.1) is 31.8 Å². The second-order valence-corrected chi connectivity index (χ2v) is 11.4. The fourth-order valence-corrected chi connectivity index (χ4v) is 4.64. The first-order chi connectivity index (χ1) is 24.7. The molecule has 0 aliphatic rings. The van der Waals surface area contributed by atoms with Crippen molar-refractivity contribution in [1.29, 1.82) is 0 Å². The summed E-state index contributed by atoms with van der Waals surface area (Å²) in [5, 5.41) is 94.1. The van der Waals surface area contributed by atoms with Crippen LogP contribution in [-0.2, 0) is 10.1 Å². The summed E-state index contributed by atoms with van der Waals surface area (Å²) in [4.78, 5) is 19.6. The Morgan fingerprint density at radius 3 is 1.28 bits per heavy atom. The molecule has 0 fully saturated rings. The molecule has 4 N–H and O–H groups in total. The molecule has 5 rings (SSSR count). The molecule has 0 aliphatic carbocycles. The van der Waals surface area contributed by atoms with E-state index in [1.165, 1.54) is 54.6 Å². The Balaban J connectivity index is 0.00000627. The van der Waals surface area contributed by atoms with E-state index in [0.717, 1.165) is 36.4 Å². The van der Waals surface area contributed by atoms with Crippen molar-refractivity contribution < 1.29 is 72.8 Å². The number of phenolic OH excluding ortho intramolecular Hbond substituents is 4. The SMILES string of the molecule is O=[N+]([O-])c1ccc(N=Nc2ccc(O)c(N=Nc3ccc(S(=O)(=O)[O-])c(N=Nc4c(O)ccc(N=Nc5ccc([N+](=O)[O-])cc5)c4O)c3)c2O)cc1.[Na+]. The van der Waals surface area contributed by atoms with Crippen LogP contribution < -0.4 is 29.6 Å². The number of rotatable bonds is 11. The third-order valence-electron chi connectivity index (χ3n) is 6.62. The quantitative estimate of drug-likeness (QED) is 0.0405. The van der Waals surface area contributed by atoms with E-state index >= 15 is 0 Å². The van der Waals surface area contributed by atoms with Gasteiger partial charge in [-0.3, -0.25) is 20.2 Å². The normalized spacial score (nSPS) is 11.8. The van der Waals surface area contributed by atoms with Gasteiger partial charge in [0, 0.05) is 24.3 Å². The molecular weight excluding hydrogens is 731 g/mol. The van der Waals surface area contributed by atoms with Gasteiger partial charge in [-0.05, 0) is 66.7 Å². The average molecular weight is 751 g/mol. The molecule has 23 heteroatoms. The second kappa shape index (κ2) is 16.6. The molecule has 21 nitrogen and oxygen atoms in total. The number of nitrogens with zero attached hydrogens (tertiary/aromatic N) is 10. The second-order valence-electron chi connectivity index (χ2n) is 10.1. The molecule has 0 bridgehead atoms. The van der Waals surface area contributed by atoms with E-state index in [0.29, 0.717) is 0 Å². The molecule has 0 radical (unpaired) electrons. The van der Waals surface area contributed by atoms with Gasteiger partial charge in [0.1, 0.15) is 38.7 Å². The summed E-state index contributed by atoms with van der Waals surface area (Å²) in [5.41, 5.74) is -2.26. The first-order valence-corrected chi connectivity index (χ1v) is 15.5. The Bertz CT molecular complexity index is 2440. The van der Waals surface area contributed by atoms with Crippen molar-refractivity contribution in [1.82, 2.24) is 0 Å². The summed E-state index contributed by atoms with van der Waals surface area (Å²) < 4.78 is 35.9. The van der Waals surface area contributed by atoms with E-state index in [2.05, 4.69) is 40.9 Å². The molecule has 53 heavy (non-hydrogen) atoms. The van der Waals surface area contributed by atoms with Crippen LogP contribution in [0.3, 0.4) is 0 Å². The Morgan fingerprint density at radius 2 is 0.868 bits per heavy atom. The molecule has 0 atom stereocenters. The summed E-state index contributed by atoms with van der Waals surface area (Å²) in [6.07, 6.45) is 0. The molecule has 0 saturated carbocycles. The van der Waals surface area contributed by atoms with Crippen molar-refractivity contribution in [2.75, 3.05) is 0 Å². The van der Waals surface area contributed by atoms with Crippen LogP contribution in [0.4, 0.5) is 56.9 Å². The summed E-state index contributed by atoms with van der Waals surface area (Å²) in [5.74, 6) is -2.61.